The second kappa shape index (κ2) is 6.92. The summed E-state index contributed by atoms with van der Waals surface area (Å²) in [4.78, 5) is 24.8. The molecule has 1 amide bonds. The van der Waals surface area contributed by atoms with Crippen LogP contribution in [0, 0.1) is 0 Å². The van der Waals surface area contributed by atoms with Crippen molar-refractivity contribution in [1.82, 2.24) is 4.90 Å². The van der Waals surface area contributed by atoms with Crippen molar-refractivity contribution in [3.63, 3.8) is 0 Å². The maximum absolute atomic E-state index is 12.4. The van der Waals surface area contributed by atoms with Crippen LogP contribution in [0.1, 0.15) is 25.8 Å². The fourth-order valence-electron chi connectivity index (χ4n) is 3.20. The lowest BCUT2D eigenvalue weighted by Gasteiger charge is -2.32. The molecule has 2 aliphatic heterocycles. The molecule has 1 aromatic rings. The first-order valence-corrected chi connectivity index (χ1v) is 8.39. The van der Waals surface area contributed by atoms with E-state index in [1.54, 1.807) is 11.0 Å². The number of ether oxygens (including phenoxy) is 3. The van der Waals surface area contributed by atoms with E-state index in [0.717, 1.165) is 12.0 Å². The summed E-state index contributed by atoms with van der Waals surface area (Å²) in [5.41, 5.74) is 0.794. The topological polar surface area (TPSA) is 85.3 Å². The fraction of sp³-hybridized carbons (Fsp3) is 0.556. The van der Waals surface area contributed by atoms with E-state index in [1.807, 2.05) is 26.0 Å². The molecule has 7 nitrogen and oxygen atoms in total. The summed E-state index contributed by atoms with van der Waals surface area (Å²) >= 11 is 0. The van der Waals surface area contributed by atoms with Gasteiger partial charge in [-0.3, -0.25) is 9.59 Å². The summed E-state index contributed by atoms with van der Waals surface area (Å²) in [7, 11) is 0. The molecular formula is C18H23NO6. The Morgan fingerprint density at radius 1 is 1.40 bits per heavy atom. The van der Waals surface area contributed by atoms with Crippen LogP contribution in [0.15, 0.2) is 18.2 Å². The number of nitrogens with zero attached hydrogens (tertiary/aromatic N) is 1. The minimum Gasteiger partial charge on any atom is -0.483 e. The lowest BCUT2D eigenvalue weighted by molar-refractivity contribution is -0.148. The van der Waals surface area contributed by atoms with Crippen LogP contribution in [0.3, 0.4) is 0 Å². The molecule has 2 heterocycles. The summed E-state index contributed by atoms with van der Waals surface area (Å²) in [5, 5.41) is 8.85. The van der Waals surface area contributed by atoms with Gasteiger partial charge >= 0.3 is 5.97 Å². The summed E-state index contributed by atoms with van der Waals surface area (Å²) in [6.07, 6.45) is 0.216. The van der Waals surface area contributed by atoms with Crippen LogP contribution < -0.4 is 9.47 Å². The molecule has 7 heteroatoms. The second-order valence-corrected chi connectivity index (χ2v) is 7.00. The van der Waals surface area contributed by atoms with Gasteiger partial charge in [0.2, 0.25) is 0 Å². The van der Waals surface area contributed by atoms with E-state index in [9.17, 15) is 9.59 Å². The number of hydrogen-bond acceptors (Lipinski definition) is 5. The van der Waals surface area contributed by atoms with Crippen molar-refractivity contribution in [2.45, 2.75) is 38.4 Å². The number of fused-ring (bicyclic) bond motifs is 1. The minimum absolute atomic E-state index is 0.111. The summed E-state index contributed by atoms with van der Waals surface area (Å²) in [6.45, 7) is 4.96. The molecule has 0 aromatic heterocycles. The fourth-order valence-corrected chi connectivity index (χ4v) is 3.20. The summed E-state index contributed by atoms with van der Waals surface area (Å²) < 4.78 is 17.0. The zero-order valence-corrected chi connectivity index (χ0v) is 14.5. The van der Waals surface area contributed by atoms with Crippen LogP contribution >= 0.6 is 0 Å². The van der Waals surface area contributed by atoms with Crippen LogP contribution in [0.5, 0.6) is 11.5 Å². The van der Waals surface area contributed by atoms with Gasteiger partial charge in [0.15, 0.2) is 18.1 Å². The molecule has 1 aromatic carbocycles. The number of rotatable bonds is 5. The maximum Gasteiger partial charge on any atom is 0.306 e. The Bertz CT molecular complexity index is 672. The molecule has 0 saturated carbocycles. The van der Waals surface area contributed by atoms with Gasteiger partial charge in [0.05, 0.1) is 19.1 Å². The van der Waals surface area contributed by atoms with Crippen molar-refractivity contribution >= 4 is 11.9 Å². The van der Waals surface area contributed by atoms with Crippen molar-refractivity contribution in [2.75, 3.05) is 26.3 Å². The Morgan fingerprint density at radius 2 is 2.20 bits per heavy atom. The molecule has 0 aliphatic carbocycles. The Balaban J connectivity index is 1.58. The molecule has 1 N–H and O–H groups in total. The van der Waals surface area contributed by atoms with Crippen molar-refractivity contribution in [1.29, 1.82) is 0 Å². The van der Waals surface area contributed by atoms with Gasteiger partial charge in [0, 0.05) is 25.1 Å². The lowest BCUT2D eigenvalue weighted by atomic mass is 10.0. The monoisotopic (exact) mass is 349 g/mol. The molecule has 1 fully saturated rings. The molecule has 0 radical (unpaired) electrons. The van der Waals surface area contributed by atoms with Gasteiger partial charge in [0.1, 0.15) is 5.60 Å². The molecule has 1 unspecified atom stereocenters. The number of amides is 1. The first-order valence-electron chi connectivity index (χ1n) is 8.39. The van der Waals surface area contributed by atoms with Crippen LogP contribution in [-0.4, -0.2) is 59.9 Å². The quantitative estimate of drug-likeness (QED) is 0.867. The zero-order valence-electron chi connectivity index (χ0n) is 14.5. The third-order valence-corrected chi connectivity index (χ3v) is 4.30. The van der Waals surface area contributed by atoms with Crippen LogP contribution in [-0.2, 0) is 20.7 Å². The second-order valence-electron chi connectivity index (χ2n) is 7.00. The van der Waals surface area contributed by atoms with Gasteiger partial charge in [0.25, 0.3) is 5.91 Å². The Morgan fingerprint density at radius 3 is 2.96 bits per heavy atom. The molecule has 2 aliphatic rings. The highest BCUT2D eigenvalue weighted by molar-refractivity contribution is 5.78. The van der Waals surface area contributed by atoms with E-state index >= 15 is 0 Å². The van der Waals surface area contributed by atoms with Gasteiger partial charge in [-0.15, -0.1) is 0 Å². The number of carbonyl (C=O) groups is 2. The number of morpholine rings is 1. The Labute approximate surface area is 146 Å². The molecule has 1 saturated heterocycles. The summed E-state index contributed by atoms with van der Waals surface area (Å²) in [6, 6.07) is 5.68. The lowest BCUT2D eigenvalue weighted by Crippen LogP contribution is -2.47. The zero-order chi connectivity index (χ0) is 18.0. The average Bonchev–Trinajstić information content (AvgIpc) is 2.86. The predicted molar refractivity (Wildman–Crippen MR) is 88.9 cm³/mol. The molecule has 0 spiro atoms. The number of aliphatic carboxylic acids is 1. The molecule has 136 valence electrons. The molecule has 1 atom stereocenters. The maximum atomic E-state index is 12.4. The van der Waals surface area contributed by atoms with Crippen molar-refractivity contribution in [3.05, 3.63) is 23.8 Å². The number of carbonyl (C=O) groups excluding carboxylic acids is 1. The third-order valence-electron chi connectivity index (χ3n) is 4.30. The smallest absolute Gasteiger partial charge is 0.306 e. The standard InChI is InChI=1S/C18H23NO6/c1-18(2)9-12-4-3-5-14(17(12)25-18)24-11-15(20)19-6-7-23-13(10-19)8-16(21)22/h3-5,13H,6-11H2,1-2H3,(H,21,22). The van der Waals surface area contributed by atoms with Crippen LogP contribution in [0.4, 0.5) is 0 Å². The largest absolute Gasteiger partial charge is 0.483 e. The van der Waals surface area contributed by atoms with Gasteiger partial charge in [-0.2, -0.15) is 0 Å². The van der Waals surface area contributed by atoms with E-state index in [4.69, 9.17) is 19.3 Å². The Hall–Kier alpha value is -2.28. The van der Waals surface area contributed by atoms with Gasteiger partial charge in [-0.25, -0.2) is 0 Å². The average molecular weight is 349 g/mol. The minimum atomic E-state index is -0.935. The van der Waals surface area contributed by atoms with Gasteiger partial charge in [-0.1, -0.05) is 12.1 Å². The molecule has 3 rings (SSSR count). The van der Waals surface area contributed by atoms with E-state index in [-0.39, 0.29) is 31.1 Å². The SMILES string of the molecule is CC1(C)Cc2cccc(OCC(=O)N3CCOC(CC(=O)O)C3)c2O1. The Kier molecular flexibility index (Phi) is 4.85. The number of benzene rings is 1. The van der Waals surface area contributed by atoms with Gasteiger partial charge < -0.3 is 24.2 Å². The van der Waals surface area contributed by atoms with Crippen LogP contribution in [0.2, 0.25) is 0 Å². The number of carboxylic acid groups (broad SMARTS) is 1. The normalized spacial score (nSPS) is 21.4. The van der Waals surface area contributed by atoms with E-state index in [0.29, 0.717) is 24.7 Å². The first-order chi connectivity index (χ1) is 11.8. The number of carboxylic acids is 1. The van der Waals surface area contributed by atoms with Gasteiger partial charge in [-0.05, 0) is 19.9 Å². The highest BCUT2D eigenvalue weighted by Gasteiger charge is 2.32. The van der Waals surface area contributed by atoms with Crippen LogP contribution in [0.25, 0.3) is 0 Å². The number of hydrogen-bond donors (Lipinski definition) is 1. The highest BCUT2D eigenvalue weighted by Crippen LogP contribution is 2.41. The van der Waals surface area contributed by atoms with E-state index in [1.165, 1.54) is 0 Å². The summed E-state index contributed by atoms with van der Waals surface area (Å²) in [5.74, 6) is 0.140. The first kappa shape index (κ1) is 17.5. The van der Waals surface area contributed by atoms with Crippen molar-refractivity contribution in [3.8, 4) is 11.5 Å². The predicted octanol–water partition coefficient (Wildman–Crippen LogP) is 1.48. The molecular weight excluding hydrogens is 326 g/mol. The van der Waals surface area contributed by atoms with Crippen molar-refractivity contribution < 1.29 is 28.9 Å². The van der Waals surface area contributed by atoms with Crippen molar-refractivity contribution in [2.24, 2.45) is 0 Å². The molecule has 0 bridgehead atoms. The third kappa shape index (κ3) is 4.22. The number of para-hydroxylation sites is 1. The highest BCUT2D eigenvalue weighted by atomic mass is 16.5. The van der Waals surface area contributed by atoms with E-state index in [2.05, 4.69) is 0 Å². The molecule has 25 heavy (non-hydrogen) atoms. The van der Waals surface area contributed by atoms with E-state index < -0.39 is 12.1 Å².